The van der Waals surface area contributed by atoms with Crippen molar-refractivity contribution in [2.24, 2.45) is 0 Å². The first-order valence-corrected chi connectivity index (χ1v) is 7.65. The second kappa shape index (κ2) is 5.36. The van der Waals surface area contributed by atoms with Gasteiger partial charge >= 0.3 is 0 Å². The van der Waals surface area contributed by atoms with E-state index in [0.717, 1.165) is 42.2 Å². The van der Waals surface area contributed by atoms with Gasteiger partial charge in [-0.15, -0.1) is 0 Å². The van der Waals surface area contributed by atoms with Gasteiger partial charge in [-0.1, -0.05) is 0 Å². The molecule has 1 atom stereocenters. The molecule has 0 spiro atoms. The van der Waals surface area contributed by atoms with E-state index >= 15 is 0 Å². The third-order valence-electron chi connectivity index (χ3n) is 4.25. The van der Waals surface area contributed by atoms with Crippen molar-refractivity contribution in [1.82, 2.24) is 25.1 Å². The number of pyridine rings is 1. The number of anilines is 1. The molecule has 6 heteroatoms. The molecule has 6 nitrogen and oxygen atoms in total. The number of nitrogens with one attached hydrogen (secondary N) is 1. The lowest BCUT2D eigenvalue weighted by atomic mass is 9.95. The van der Waals surface area contributed by atoms with Crippen LogP contribution in [0.4, 0.5) is 5.82 Å². The van der Waals surface area contributed by atoms with E-state index < -0.39 is 0 Å². The molecule has 0 unspecified atom stereocenters. The zero-order chi connectivity index (χ0) is 14.9. The standard InChI is InChI=1S/C16H18N6/c1-11-19-15-13(5-2-7-17-15)16(20-11)22-9-3-4-12(10-22)14-6-8-18-21-14/h2,5-8,12H,3-4,9-10H2,1H3,(H,18,21)/t12-/m1/s1. The fourth-order valence-corrected chi connectivity index (χ4v) is 3.21. The molecule has 4 heterocycles. The highest BCUT2D eigenvalue weighted by Crippen LogP contribution is 2.31. The molecule has 0 bridgehead atoms. The fraction of sp³-hybridized carbons (Fsp3) is 0.375. The molecule has 3 aromatic heterocycles. The van der Waals surface area contributed by atoms with E-state index in [1.54, 1.807) is 6.20 Å². The summed E-state index contributed by atoms with van der Waals surface area (Å²) in [6.45, 7) is 3.89. The SMILES string of the molecule is Cc1nc(N2CCC[C@@H](c3ccn[nH]3)C2)c2cccnc2n1. The van der Waals surface area contributed by atoms with Gasteiger partial charge in [0, 0.05) is 37.1 Å². The summed E-state index contributed by atoms with van der Waals surface area (Å²) in [6.07, 6.45) is 5.93. The lowest BCUT2D eigenvalue weighted by Gasteiger charge is -2.33. The summed E-state index contributed by atoms with van der Waals surface area (Å²) < 4.78 is 0. The summed E-state index contributed by atoms with van der Waals surface area (Å²) in [4.78, 5) is 15.9. The van der Waals surface area contributed by atoms with Gasteiger partial charge in [-0.05, 0) is 38.0 Å². The maximum atomic E-state index is 4.69. The van der Waals surface area contributed by atoms with Crippen LogP contribution >= 0.6 is 0 Å². The molecular weight excluding hydrogens is 276 g/mol. The van der Waals surface area contributed by atoms with E-state index in [2.05, 4.69) is 42.2 Å². The van der Waals surface area contributed by atoms with Crippen molar-refractivity contribution in [1.29, 1.82) is 0 Å². The number of piperidine rings is 1. The van der Waals surface area contributed by atoms with Crippen LogP contribution in [0, 0.1) is 6.92 Å². The molecule has 0 amide bonds. The first kappa shape index (κ1) is 13.2. The summed E-state index contributed by atoms with van der Waals surface area (Å²) in [6, 6.07) is 6.07. The van der Waals surface area contributed by atoms with Gasteiger partial charge in [-0.2, -0.15) is 5.10 Å². The Morgan fingerprint density at radius 1 is 1.23 bits per heavy atom. The Balaban J connectivity index is 1.72. The van der Waals surface area contributed by atoms with Crippen LogP contribution in [-0.4, -0.2) is 38.2 Å². The number of rotatable bonds is 2. The van der Waals surface area contributed by atoms with Crippen molar-refractivity contribution in [3.63, 3.8) is 0 Å². The highest BCUT2D eigenvalue weighted by Gasteiger charge is 2.24. The minimum atomic E-state index is 0.471. The van der Waals surface area contributed by atoms with Crippen LogP contribution < -0.4 is 4.90 Å². The number of hydrogen-bond donors (Lipinski definition) is 1. The second-order valence-corrected chi connectivity index (χ2v) is 5.77. The first-order valence-electron chi connectivity index (χ1n) is 7.65. The van der Waals surface area contributed by atoms with Crippen molar-refractivity contribution >= 4 is 16.9 Å². The molecule has 0 aromatic carbocycles. The van der Waals surface area contributed by atoms with E-state index in [-0.39, 0.29) is 0 Å². The summed E-state index contributed by atoms with van der Waals surface area (Å²) in [5.41, 5.74) is 1.98. The molecule has 0 radical (unpaired) electrons. The van der Waals surface area contributed by atoms with Gasteiger partial charge in [0.15, 0.2) is 5.65 Å². The van der Waals surface area contributed by atoms with Gasteiger partial charge < -0.3 is 4.90 Å². The molecule has 0 saturated carbocycles. The third-order valence-corrected chi connectivity index (χ3v) is 4.25. The van der Waals surface area contributed by atoms with Crippen LogP contribution in [0.15, 0.2) is 30.6 Å². The molecule has 22 heavy (non-hydrogen) atoms. The van der Waals surface area contributed by atoms with E-state index in [4.69, 9.17) is 0 Å². The molecule has 1 fully saturated rings. The normalized spacial score (nSPS) is 18.8. The van der Waals surface area contributed by atoms with Crippen molar-refractivity contribution in [2.45, 2.75) is 25.7 Å². The Bertz CT molecular complexity index is 782. The predicted molar refractivity (Wildman–Crippen MR) is 84.8 cm³/mol. The molecule has 1 saturated heterocycles. The second-order valence-electron chi connectivity index (χ2n) is 5.77. The smallest absolute Gasteiger partial charge is 0.164 e. The van der Waals surface area contributed by atoms with Crippen molar-refractivity contribution in [3.05, 3.63) is 42.1 Å². The molecule has 1 aliphatic rings. The summed E-state index contributed by atoms with van der Waals surface area (Å²) in [7, 11) is 0. The van der Waals surface area contributed by atoms with Crippen LogP contribution in [0.25, 0.3) is 11.0 Å². The lowest BCUT2D eigenvalue weighted by molar-refractivity contribution is 0.498. The van der Waals surface area contributed by atoms with Crippen LogP contribution in [-0.2, 0) is 0 Å². The number of aromatic amines is 1. The molecule has 3 aromatic rings. The topological polar surface area (TPSA) is 70.6 Å². The van der Waals surface area contributed by atoms with E-state index in [0.29, 0.717) is 5.92 Å². The van der Waals surface area contributed by atoms with E-state index in [1.165, 1.54) is 12.1 Å². The monoisotopic (exact) mass is 294 g/mol. The number of aryl methyl sites for hydroxylation is 1. The lowest BCUT2D eigenvalue weighted by Crippen LogP contribution is -2.35. The fourth-order valence-electron chi connectivity index (χ4n) is 3.21. The maximum Gasteiger partial charge on any atom is 0.164 e. The van der Waals surface area contributed by atoms with Gasteiger partial charge in [-0.3, -0.25) is 5.10 Å². The Morgan fingerprint density at radius 2 is 2.18 bits per heavy atom. The first-order chi connectivity index (χ1) is 10.8. The highest BCUT2D eigenvalue weighted by atomic mass is 15.2. The summed E-state index contributed by atoms with van der Waals surface area (Å²) >= 11 is 0. The number of fused-ring (bicyclic) bond motifs is 1. The van der Waals surface area contributed by atoms with E-state index in [1.807, 2.05) is 19.2 Å². The molecule has 1 N–H and O–H groups in total. The number of H-pyrrole nitrogens is 1. The van der Waals surface area contributed by atoms with Gasteiger partial charge in [-0.25, -0.2) is 15.0 Å². The molecule has 0 aliphatic carbocycles. The van der Waals surface area contributed by atoms with Gasteiger partial charge in [0.1, 0.15) is 11.6 Å². The molecule has 112 valence electrons. The predicted octanol–water partition coefficient (Wildman–Crippen LogP) is 2.44. The quantitative estimate of drug-likeness (QED) is 0.786. The zero-order valence-electron chi connectivity index (χ0n) is 12.5. The number of hydrogen-bond acceptors (Lipinski definition) is 5. The molecular formula is C16H18N6. The van der Waals surface area contributed by atoms with E-state index in [9.17, 15) is 0 Å². The number of nitrogens with zero attached hydrogens (tertiary/aromatic N) is 5. The Morgan fingerprint density at radius 3 is 3.05 bits per heavy atom. The minimum absolute atomic E-state index is 0.471. The van der Waals surface area contributed by atoms with Gasteiger partial charge in [0.2, 0.25) is 0 Å². The molecule has 4 rings (SSSR count). The minimum Gasteiger partial charge on any atom is -0.355 e. The van der Waals surface area contributed by atoms with Crippen molar-refractivity contribution in [2.75, 3.05) is 18.0 Å². The Kier molecular flexibility index (Phi) is 3.21. The van der Waals surface area contributed by atoms with Crippen LogP contribution in [0.5, 0.6) is 0 Å². The van der Waals surface area contributed by atoms with Gasteiger partial charge in [0.05, 0.1) is 5.39 Å². The summed E-state index contributed by atoms with van der Waals surface area (Å²) in [5, 5.41) is 8.21. The van der Waals surface area contributed by atoms with Crippen molar-refractivity contribution in [3.8, 4) is 0 Å². The maximum absolute atomic E-state index is 4.69. The van der Waals surface area contributed by atoms with Crippen molar-refractivity contribution < 1.29 is 0 Å². The van der Waals surface area contributed by atoms with Gasteiger partial charge in [0.25, 0.3) is 0 Å². The van der Waals surface area contributed by atoms with Crippen LogP contribution in [0.2, 0.25) is 0 Å². The van der Waals surface area contributed by atoms with Crippen LogP contribution in [0.3, 0.4) is 0 Å². The average Bonchev–Trinajstić information content (AvgIpc) is 3.09. The highest BCUT2D eigenvalue weighted by molar-refractivity contribution is 5.86. The largest absolute Gasteiger partial charge is 0.355 e. The van der Waals surface area contributed by atoms with Crippen LogP contribution in [0.1, 0.15) is 30.3 Å². The Hall–Kier alpha value is -2.50. The Labute approximate surface area is 128 Å². The molecule has 1 aliphatic heterocycles. The third kappa shape index (κ3) is 2.30. The summed E-state index contributed by atoms with van der Waals surface area (Å²) in [5.74, 6) is 2.24. The zero-order valence-corrected chi connectivity index (χ0v) is 12.5. The number of aromatic nitrogens is 5. The average molecular weight is 294 g/mol.